The van der Waals surface area contributed by atoms with Gasteiger partial charge in [0.1, 0.15) is 22.0 Å². The van der Waals surface area contributed by atoms with Gasteiger partial charge in [-0.1, -0.05) is 11.6 Å². The van der Waals surface area contributed by atoms with Crippen molar-refractivity contribution in [3.63, 3.8) is 0 Å². The number of β-amino-alcohol motifs (C(OH)–C–C–N with tert-alkyl or cyclic N) is 1. The van der Waals surface area contributed by atoms with Crippen LogP contribution in [0.25, 0.3) is 0 Å². The Morgan fingerprint density at radius 2 is 1.77 bits per heavy atom. The van der Waals surface area contributed by atoms with Gasteiger partial charge in [-0.2, -0.15) is 26.3 Å². The summed E-state index contributed by atoms with van der Waals surface area (Å²) in [5.74, 6) is -4.11. The Kier molecular flexibility index (Phi) is 7.57. The predicted octanol–water partition coefficient (Wildman–Crippen LogP) is 4.87. The highest BCUT2D eigenvalue weighted by Crippen LogP contribution is 2.47. The first-order chi connectivity index (χ1) is 18.4. The molecule has 0 unspecified atom stereocenters. The molecule has 0 aliphatic carbocycles. The van der Waals surface area contributed by atoms with Crippen LogP contribution in [0.3, 0.4) is 0 Å². The molecule has 0 radical (unpaired) electrons. The van der Waals surface area contributed by atoms with Gasteiger partial charge < -0.3 is 20.1 Å². The second-order valence-electron chi connectivity index (χ2n) is 9.17. The number of amides is 3. The molecule has 0 bridgehead atoms. The van der Waals surface area contributed by atoms with Crippen LogP contribution in [0.2, 0.25) is 5.02 Å². The van der Waals surface area contributed by atoms with Gasteiger partial charge in [0.05, 0.1) is 23.5 Å². The Bertz CT molecular complexity index is 1350. The molecule has 2 aliphatic rings. The molecule has 0 saturated carbocycles. The molecule has 2 fully saturated rings. The van der Waals surface area contributed by atoms with E-state index in [4.69, 9.17) is 16.3 Å². The van der Waals surface area contributed by atoms with Crippen molar-refractivity contribution in [1.82, 2.24) is 10.2 Å². The predicted molar refractivity (Wildman–Crippen MR) is 124 cm³/mol. The highest BCUT2D eigenvalue weighted by molar-refractivity contribution is 6.31. The molecule has 2 N–H and O–H groups in total. The Morgan fingerprint density at radius 1 is 1.12 bits per heavy atom. The van der Waals surface area contributed by atoms with E-state index in [1.54, 1.807) is 0 Å². The third kappa shape index (κ3) is 5.60. The van der Waals surface area contributed by atoms with Gasteiger partial charge in [0.15, 0.2) is 11.6 Å². The first-order valence-electron chi connectivity index (χ1n) is 11.3. The van der Waals surface area contributed by atoms with Crippen LogP contribution in [-0.4, -0.2) is 67.5 Å². The monoisotopic (exact) mass is 602 g/mol. The molecule has 0 aromatic heterocycles. The Hall–Kier alpha value is -3.37. The third-order valence-electron chi connectivity index (χ3n) is 6.32. The molecule has 4 rings (SSSR count). The van der Waals surface area contributed by atoms with E-state index in [9.17, 15) is 49.8 Å². The minimum Gasteiger partial charge on any atom is -0.407 e. The number of benzene rings is 2. The van der Waals surface area contributed by atoms with E-state index in [-0.39, 0.29) is 38.3 Å². The summed E-state index contributed by atoms with van der Waals surface area (Å²) in [6.07, 6.45) is -12.5. The fourth-order valence-electron chi connectivity index (χ4n) is 4.16. The Labute approximate surface area is 225 Å². The molecule has 0 spiro atoms. The first-order valence-corrected chi connectivity index (χ1v) is 11.7. The number of ether oxygens (including phenoxy) is 1. The minimum atomic E-state index is -5.51. The van der Waals surface area contributed by atoms with E-state index in [0.29, 0.717) is 15.9 Å². The van der Waals surface area contributed by atoms with Crippen LogP contribution in [0, 0.1) is 11.6 Å². The Morgan fingerprint density at radius 3 is 2.33 bits per heavy atom. The summed E-state index contributed by atoms with van der Waals surface area (Å²) >= 11 is 5.48. The average molecular weight is 603 g/mol. The number of anilines is 2. The summed E-state index contributed by atoms with van der Waals surface area (Å²) in [7, 11) is 0.835. The molecule has 2 saturated heterocycles. The van der Waals surface area contributed by atoms with E-state index < -0.39 is 81.5 Å². The lowest BCUT2D eigenvalue weighted by Crippen LogP contribution is -2.64. The van der Waals surface area contributed by atoms with Crippen LogP contribution in [0.1, 0.15) is 11.1 Å². The fraction of sp³-hybridized carbons (Fsp3) is 0.391. The quantitative estimate of drug-likeness (QED) is 0.377. The third-order valence-corrected chi connectivity index (χ3v) is 6.67. The normalized spacial score (nSPS) is 17.2. The number of halogens is 9. The van der Waals surface area contributed by atoms with Crippen LogP contribution in [0.15, 0.2) is 24.3 Å². The number of urea groups is 1. The van der Waals surface area contributed by atoms with Crippen molar-refractivity contribution in [3.8, 4) is 5.75 Å². The number of alkyl halides is 6. The summed E-state index contributed by atoms with van der Waals surface area (Å²) in [4.78, 5) is 27.8. The van der Waals surface area contributed by atoms with E-state index in [1.807, 2.05) is 0 Å². The highest BCUT2D eigenvalue weighted by Gasteiger charge is 2.45. The van der Waals surface area contributed by atoms with Crippen molar-refractivity contribution in [2.75, 3.05) is 49.6 Å². The summed E-state index contributed by atoms with van der Waals surface area (Å²) in [5, 5.41) is 12.1. The van der Waals surface area contributed by atoms with Gasteiger partial charge in [0.25, 0.3) is 0 Å². The van der Waals surface area contributed by atoms with Gasteiger partial charge in [-0.3, -0.25) is 9.80 Å². The maximum Gasteiger partial charge on any atom is 0.420 e. The largest absolute Gasteiger partial charge is 0.420 e. The number of rotatable bonds is 5. The average Bonchev–Trinajstić information content (AvgIpc) is 3.19. The zero-order chi connectivity index (χ0) is 29.8. The zero-order valence-corrected chi connectivity index (χ0v) is 21.0. The molecule has 2 aliphatic heterocycles. The van der Waals surface area contributed by atoms with Gasteiger partial charge >= 0.3 is 24.5 Å². The standard InChI is InChI=1S/C23H19ClF8N4O4/c1-34(14-3-2-13(25)16(24)17(14)26)20(38)40-18-12(23(30,31)32)6-11(22(27,28)29)7-15(18)36-5-4-35(19(36)37)10-21(39)8-33-9-21/h2-3,6-7,33,39H,4-5,8-10H2,1H3. The van der Waals surface area contributed by atoms with Crippen molar-refractivity contribution < 1.29 is 54.6 Å². The minimum absolute atomic E-state index is 0.109. The topological polar surface area (TPSA) is 85.3 Å². The second-order valence-corrected chi connectivity index (χ2v) is 9.55. The lowest BCUT2D eigenvalue weighted by molar-refractivity contribution is -0.143. The van der Waals surface area contributed by atoms with E-state index in [2.05, 4.69) is 5.32 Å². The smallest absolute Gasteiger partial charge is 0.407 e. The lowest BCUT2D eigenvalue weighted by Gasteiger charge is -2.40. The summed E-state index contributed by atoms with van der Waals surface area (Å²) < 4.78 is 116. The van der Waals surface area contributed by atoms with Crippen LogP contribution >= 0.6 is 11.6 Å². The van der Waals surface area contributed by atoms with Gasteiger partial charge in [0, 0.05) is 33.2 Å². The number of hydrogen-bond donors (Lipinski definition) is 2. The second kappa shape index (κ2) is 10.2. The number of aliphatic hydroxyl groups is 1. The molecule has 2 aromatic carbocycles. The summed E-state index contributed by atoms with van der Waals surface area (Å²) in [6.45, 7) is -0.632. The van der Waals surface area contributed by atoms with Crippen molar-refractivity contribution in [2.24, 2.45) is 0 Å². The molecule has 0 atom stereocenters. The first kappa shape index (κ1) is 29.6. The molecular formula is C23H19ClF8N4O4. The number of carbonyl (C=O) groups is 2. The lowest BCUT2D eigenvalue weighted by atomic mass is 9.97. The van der Waals surface area contributed by atoms with Crippen molar-refractivity contribution >= 4 is 35.1 Å². The van der Waals surface area contributed by atoms with Crippen molar-refractivity contribution in [1.29, 1.82) is 0 Å². The molecule has 40 heavy (non-hydrogen) atoms. The summed E-state index contributed by atoms with van der Waals surface area (Å²) in [6, 6.07) is 0.280. The van der Waals surface area contributed by atoms with Gasteiger partial charge in [0.2, 0.25) is 0 Å². The molecular weight excluding hydrogens is 584 g/mol. The molecule has 2 heterocycles. The number of hydrogen-bond acceptors (Lipinski definition) is 5. The molecule has 2 aromatic rings. The maximum absolute atomic E-state index is 14.4. The SMILES string of the molecule is CN(C(=O)Oc1c(N2CCN(CC3(O)CNC3)C2=O)cc(C(F)(F)F)cc1C(F)(F)F)c1ccc(F)c(Cl)c1F. The Balaban J connectivity index is 1.78. The molecule has 8 nitrogen and oxygen atoms in total. The van der Waals surface area contributed by atoms with Crippen LogP contribution < -0.4 is 19.9 Å². The number of carbonyl (C=O) groups excluding carboxylic acids is 2. The van der Waals surface area contributed by atoms with E-state index in [0.717, 1.165) is 18.0 Å². The van der Waals surface area contributed by atoms with Gasteiger partial charge in [-0.25, -0.2) is 18.4 Å². The highest BCUT2D eigenvalue weighted by atomic mass is 35.5. The number of nitrogens with one attached hydrogen (secondary N) is 1. The van der Waals surface area contributed by atoms with Gasteiger partial charge in [-0.15, -0.1) is 0 Å². The fourth-order valence-corrected chi connectivity index (χ4v) is 4.32. The number of nitrogens with zero attached hydrogens (tertiary/aromatic N) is 3. The van der Waals surface area contributed by atoms with Crippen LogP contribution in [0.5, 0.6) is 5.75 Å². The maximum atomic E-state index is 14.4. The van der Waals surface area contributed by atoms with Crippen molar-refractivity contribution in [2.45, 2.75) is 18.0 Å². The zero-order valence-electron chi connectivity index (χ0n) is 20.3. The van der Waals surface area contributed by atoms with Crippen LogP contribution in [-0.2, 0) is 12.4 Å². The van der Waals surface area contributed by atoms with Gasteiger partial charge in [-0.05, 0) is 24.3 Å². The van der Waals surface area contributed by atoms with Crippen LogP contribution in [0.4, 0.5) is 56.1 Å². The van der Waals surface area contributed by atoms with E-state index >= 15 is 0 Å². The molecule has 3 amide bonds. The van der Waals surface area contributed by atoms with Crippen molar-refractivity contribution in [3.05, 3.63) is 52.0 Å². The molecule has 17 heteroatoms. The molecule has 218 valence electrons. The summed E-state index contributed by atoms with van der Waals surface area (Å²) in [5.41, 5.74) is -6.91. The van der Waals surface area contributed by atoms with E-state index in [1.165, 1.54) is 0 Å².